The van der Waals surface area contributed by atoms with Crippen LogP contribution in [0.25, 0.3) is 5.57 Å². The molecule has 0 saturated heterocycles. The summed E-state index contributed by atoms with van der Waals surface area (Å²) < 4.78 is 5.56. The van der Waals surface area contributed by atoms with E-state index in [0.29, 0.717) is 36.8 Å². The Morgan fingerprint density at radius 3 is 2.74 bits per heavy atom. The third-order valence-electron chi connectivity index (χ3n) is 5.84. The number of hydrogen-bond acceptors (Lipinski definition) is 9. The fourth-order valence-corrected chi connectivity index (χ4v) is 5.17. The van der Waals surface area contributed by atoms with Crippen molar-refractivity contribution < 1.29 is 9.53 Å². The number of nitrogens with zero attached hydrogens (tertiary/aromatic N) is 5. The lowest BCUT2D eigenvalue weighted by molar-refractivity contribution is -0.120. The number of methoxy groups -OCH3 is 1. The summed E-state index contributed by atoms with van der Waals surface area (Å²) in [6.07, 6.45) is 3.17. The number of aryl methyl sites for hydroxylation is 1. The summed E-state index contributed by atoms with van der Waals surface area (Å²) in [6.45, 7) is 10.2. The summed E-state index contributed by atoms with van der Waals surface area (Å²) in [7, 11) is 7.58. The molecule has 184 valence electrons. The summed E-state index contributed by atoms with van der Waals surface area (Å²) in [6, 6.07) is 0. The Morgan fingerprint density at radius 1 is 1.32 bits per heavy atom. The van der Waals surface area contributed by atoms with Gasteiger partial charge in [-0.1, -0.05) is 18.3 Å². The van der Waals surface area contributed by atoms with Crippen LogP contribution >= 0.6 is 11.8 Å². The van der Waals surface area contributed by atoms with Crippen molar-refractivity contribution in [3.8, 4) is 5.75 Å². The summed E-state index contributed by atoms with van der Waals surface area (Å²) >= 11 is 1.43. The van der Waals surface area contributed by atoms with Gasteiger partial charge in [-0.3, -0.25) is 9.78 Å². The Hall–Kier alpha value is -2.85. The first-order valence-electron chi connectivity index (χ1n) is 11.3. The van der Waals surface area contributed by atoms with E-state index in [1.54, 1.807) is 7.11 Å². The van der Waals surface area contributed by atoms with Crippen molar-refractivity contribution in [2.24, 2.45) is 0 Å². The summed E-state index contributed by atoms with van der Waals surface area (Å²) in [4.78, 5) is 30.5. The van der Waals surface area contributed by atoms with Crippen LogP contribution in [-0.2, 0) is 11.3 Å². The van der Waals surface area contributed by atoms with Crippen LogP contribution < -0.4 is 20.7 Å². The molecule has 0 saturated carbocycles. The minimum atomic E-state index is -0.266. The van der Waals surface area contributed by atoms with Gasteiger partial charge in [-0.25, -0.2) is 4.98 Å². The molecular weight excluding hydrogens is 450 g/mol. The number of carbonyl (C=O) groups excluding carboxylic acids is 1. The Balaban J connectivity index is 1.88. The number of fused-ring (bicyclic) bond motifs is 1. The lowest BCUT2D eigenvalue weighted by Gasteiger charge is -2.24. The monoisotopic (exact) mass is 485 g/mol. The topological polar surface area (TPSA) is 110 Å². The average molecular weight is 486 g/mol. The third-order valence-corrected chi connectivity index (χ3v) is 7.09. The predicted octanol–water partition coefficient (Wildman–Crippen LogP) is 2.66. The average Bonchev–Trinajstić information content (AvgIpc) is 2.94. The van der Waals surface area contributed by atoms with Gasteiger partial charge in [0.1, 0.15) is 16.6 Å². The van der Waals surface area contributed by atoms with Crippen LogP contribution in [0.15, 0.2) is 17.8 Å². The van der Waals surface area contributed by atoms with Gasteiger partial charge in [-0.05, 0) is 46.4 Å². The minimum absolute atomic E-state index is 0.00571. The molecule has 2 aromatic rings. The van der Waals surface area contributed by atoms with E-state index >= 15 is 0 Å². The number of ether oxygens (including phenoxy) is 1. The van der Waals surface area contributed by atoms with E-state index in [-0.39, 0.29) is 17.1 Å². The summed E-state index contributed by atoms with van der Waals surface area (Å²) in [5, 5.41) is 3.45. The number of amides is 1. The number of carbonyl (C=O) groups is 1. The highest BCUT2D eigenvalue weighted by Crippen LogP contribution is 2.42. The van der Waals surface area contributed by atoms with Crippen molar-refractivity contribution in [1.29, 1.82) is 0 Å². The lowest BCUT2D eigenvalue weighted by Crippen LogP contribution is -2.36. The SMILES string of the molecule is C=C1CCC(C(=O)NCCN(C)C)Sc2nc(N)nc(N(C)Cc3ncc(C)c(OC)c3C)c21. The Labute approximate surface area is 206 Å². The van der Waals surface area contributed by atoms with Gasteiger partial charge >= 0.3 is 0 Å². The number of pyridine rings is 1. The number of rotatable bonds is 8. The number of nitrogens with two attached hydrogens (primary N) is 1. The zero-order valence-corrected chi connectivity index (χ0v) is 21.8. The van der Waals surface area contributed by atoms with Crippen molar-refractivity contribution in [1.82, 2.24) is 25.2 Å². The fourth-order valence-electron chi connectivity index (χ4n) is 3.97. The van der Waals surface area contributed by atoms with E-state index in [9.17, 15) is 4.79 Å². The maximum atomic E-state index is 12.8. The molecule has 1 amide bonds. The van der Waals surface area contributed by atoms with Gasteiger partial charge in [0.25, 0.3) is 0 Å². The zero-order valence-electron chi connectivity index (χ0n) is 20.9. The van der Waals surface area contributed by atoms with Crippen molar-refractivity contribution in [2.75, 3.05) is 52.0 Å². The number of anilines is 2. The van der Waals surface area contributed by atoms with Crippen LogP contribution in [0.1, 0.15) is 35.2 Å². The Kier molecular flexibility index (Phi) is 8.37. The Bertz CT molecular complexity index is 1070. The van der Waals surface area contributed by atoms with Crippen LogP contribution in [0.3, 0.4) is 0 Å². The highest BCUT2D eigenvalue weighted by Gasteiger charge is 2.30. The standard InChI is InChI=1S/C24H35N7O2S/c1-14-8-9-18(22(32)26-10-11-30(4)5)34-23-19(14)21(28-24(25)29-23)31(6)13-17-16(3)20(33-7)15(2)12-27-17/h12,18H,1,8-11,13H2,2-7H3,(H,26,32)(H2,25,28,29). The van der Waals surface area contributed by atoms with Crippen molar-refractivity contribution >= 4 is 35.0 Å². The molecule has 34 heavy (non-hydrogen) atoms. The van der Waals surface area contributed by atoms with Crippen molar-refractivity contribution in [3.63, 3.8) is 0 Å². The van der Waals surface area contributed by atoms with E-state index in [0.717, 1.165) is 40.3 Å². The molecule has 0 fully saturated rings. The normalized spacial score (nSPS) is 15.6. The molecule has 1 aliphatic heterocycles. The van der Waals surface area contributed by atoms with E-state index in [2.05, 4.69) is 26.8 Å². The number of aromatic nitrogens is 3. The second-order valence-corrected chi connectivity index (χ2v) is 10.0. The quantitative estimate of drug-likeness (QED) is 0.545. The molecule has 3 rings (SSSR count). The second-order valence-electron chi connectivity index (χ2n) is 8.83. The maximum absolute atomic E-state index is 12.8. The zero-order chi connectivity index (χ0) is 25.0. The summed E-state index contributed by atoms with van der Waals surface area (Å²) in [5.74, 6) is 1.70. The molecule has 0 aromatic carbocycles. The largest absolute Gasteiger partial charge is 0.496 e. The van der Waals surface area contributed by atoms with Crippen LogP contribution in [0.4, 0.5) is 11.8 Å². The number of nitrogens with one attached hydrogen (secondary N) is 1. The van der Waals surface area contributed by atoms with E-state index in [1.807, 2.05) is 51.0 Å². The molecule has 9 nitrogen and oxygen atoms in total. The highest BCUT2D eigenvalue weighted by atomic mass is 32.2. The second kappa shape index (κ2) is 11.1. The minimum Gasteiger partial charge on any atom is -0.496 e. The van der Waals surface area contributed by atoms with Gasteiger partial charge in [-0.15, -0.1) is 0 Å². The van der Waals surface area contributed by atoms with Crippen LogP contribution in [0.5, 0.6) is 5.75 Å². The number of nitrogen functional groups attached to an aromatic ring is 1. The lowest BCUT2D eigenvalue weighted by atomic mass is 10.0. The van der Waals surface area contributed by atoms with Gasteiger partial charge < -0.3 is 25.6 Å². The number of hydrogen-bond donors (Lipinski definition) is 2. The van der Waals surface area contributed by atoms with Gasteiger partial charge in [0, 0.05) is 37.5 Å². The highest BCUT2D eigenvalue weighted by molar-refractivity contribution is 8.00. The molecule has 2 aromatic heterocycles. The smallest absolute Gasteiger partial charge is 0.233 e. The van der Waals surface area contributed by atoms with Crippen molar-refractivity contribution in [2.45, 2.75) is 43.5 Å². The predicted molar refractivity (Wildman–Crippen MR) is 138 cm³/mol. The van der Waals surface area contributed by atoms with Crippen LogP contribution in [-0.4, -0.2) is 72.4 Å². The molecule has 1 unspecified atom stereocenters. The fraction of sp³-hybridized carbons (Fsp3) is 0.500. The molecule has 3 heterocycles. The molecule has 0 spiro atoms. The van der Waals surface area contributed by atoms with E-state index in [4.69, 9.17) is 10.5 Å². The third kappa shape index (κ3) is 5.79. The van der Waals surface area contributed by atoms with Crippen LogP contribution in [0, 0.1) is 13.8 Å². The Morgan fingerprint density at radius 2 is 2.06 bits per heavy atom. The molecule has 1 aliphatic rings. The number of thioether (sulfide) groups is 1. The molecule has 1 atom stereocenters. The van der Waals surface area contributed by atoms with Gasteiger partial charge in [0.2, 0.25) is 11.9 Å². The molecule has 0 bridgehead atoms. The maximum Gasteiger partial charge on any atom is 0.233 e. The number of likely N-dealkylation sites (N-methyl/N-ethyl adjacent to an activating group) is 1. The molecular formula is C24H35N7O2S. The van der Waals surface area contributed by atoms with Crippen molar-refractivity contribution in [3.05, 3.63) is 35.2 Å². The molecule has 10 heteroatoms. The molecule has 0 aliphatic carbocycles. The molecule has 0 radical (unpaired) electrons. The van der Waals surface area contributed by atoms with Gasteiger partial charge in [0.15, 0.2) is 0 Å². The van der Waals surface area contributed by atoms with Gasteiger partial charge in [0.05, 0.1) is 30.2 Å². The van der Waals surface area contributed by atoms with Gasteiger partial charge in [-0.2, -0.15) is 4.98 Å². The molecule has 3 N–H and O–H groups in total. The van der Waals surface area contributed by atoms with Crippen LogP contribution in [0.2, 0.25) is 0 Å². The first kappa shape index (κ1) is 25.8. The first-order valence-corrected chi connectivity index (χ1v) is 12.1. The summed E-state index contributed by atoms with van der Waals surface area (Å²) in [5.41, 5.74) is 10.7. The van der Waals surface area contributed by atoms with E-state index in [1.165, 1.54) is 11.8 Å². The van der Waals surface area contributed by atoms with E-state index < -0.39 is 0 Å². The number of allylic oxidation sites excluding steroid dienone is 1. The first-order chi connectivity index (χ1) is 16.1.